The molecule has 0 aliphatic heterocycles. The fourth-order valence-electron chi connectivity index (χ4n) is 2.79. The molecule has 3 rings (SSSR count). The van der Waals surface area contributed by atoms with E-state index in [9.17, 15) is 9.18 Å². The van der Waals surface area contributed by atoms with Crippen LogP contribution in [0.2, 0.25) is 0 Å². The summed E-state index contributed by atoms with van der Waals surface area (Å²) in [6.07, 6.45) is 2.15. The van der Waals surface area contributed by atoms with Crippen LogP contribution in [0.4, 0.5) is 10.2 Å². The summed E-state index contributed by atoms with van der Waals surface area (Å²) in [6.45, 7) is 0.386. The highest BCUT2D eigenvalue weighted by Crippen LogP contribution is 2.20. The van der Waals surface area contributed by atoms with Crippen molar-refractivity contribution in [2.45, 2.75) is 6.42 Å². The molecule has 6 nitrogen and oxygen atoms in total. The molecule has 0 aliphatic carbocycles. The number of hydrogen-bond donors (Lipinski definition) is 1. The molecule has 0 bridgehead atoms. The summed E-state index contributed by atoms with van der Waals surface area (Å²) in [5, 5.41) is 2.88. The molecule has 0 saturated heterocycles. The van der Waals surface area contributed by atoms with Gasteiger partial charge in [0.05, 0.1) is 11.1 Å². The topological polar surface area (TPSA) is 63.1 Å². The van der Waals surface area contributed by atoms with Crippen molar-refractivity contribution in [1.82, 2.24) is 19.9 Å². The molecule has 0 atom stereocenters. The summed E-state index contributed by atoms with van der Waals surface area (Å²) in [5.41, 5.74) is 1.57. The van der Waals surface area contributed by atoms with Crippen LogP contribution in [0.5, 0.6) is 0 Å². The molecule has 136 valence electrons. The molecule has 0 spiro atoms. The van der Waals surface area contributed by atoms with Gasteiger partial charge >= 0.3 is 0 Å². The first kappa shape index (κ1) is 18.3. The Labute approximate surface area is 159 Å². The third-order valence-corrected chi connectivity index (χ3v) is 4.52. The number of fused-ring (bicyclic) bond motifs is 1. The first-order valence-electron chi connectivity index (χ1n) is 8.09. The average Bonchev–Trinajstić information content (AvgIpc) is 2.92. The summed E-state index contributed by atoms with van der Waals surface area (Å²) < 4.78 is 16.4. The van der Waals surface area contributed by atoms with Gasteiger partial charge in [0.2, 0.25) is 0 Å². The van der Waals surface area contributed by atoms with Crippen molar-refractivity contribution >= 4 is 38.7 Å². The highest BCUT2D eigenvalue weighted by molar-refractivity contribution is 9.10. The summed E-state index contributed by atoms with van der Waals surface area (Å²) in [4.78, 5) is 23.0. The van der Waals surface area contributed by atoms with Crippen molar-refractivity contribution in [2.75, 3.05) is 25.5 Å². The molecular formula is C18H19BrFN5O. The second-order valence-corrected chi connectivity index (χ2v) is 7.04. The molecule has 0 fully saturated rings. The van der Waals surface area contributed by atoms with E-state index in [4.69, 9.17) is 0 Å². The Morgan fingerprint density at radius 2 is 2.15 bits per heavy atom. The maximum absolute atomic E-state index is 13.8. The molecule has 0 unspecified atom stereocenters. The minimum atomic E-state index is -0.343. The van der Waals surface area contributed by atoms with Gasteiger partial charge in [0, 0.05) is 44.8 Å². The van der Waals surface area contributed by atoms with Crippen molar-refractivity contribution in [3.8, 4) is 0 Å². The van der Waals surface area contributed by atoms with Gasteiger partial charge in [-0.05, 0) is 34.1 Å². The number of pyridine rings is 1. The van der Waals surface area contributed by atoms with E-state index in [1.54, 1.807) is 23.2 Å². The molecule has 2 aromatic heterocycles. The van der Waals surface area contributed by atoms with E-state index >= 15 is 0 Å². The molecule has 1 N–H and O–H groups in total. The zero-order chi connectivity index (χ0) is 18.8. The van der Waals surface area contributed by atoms with Gasteiger partial charge in [-0.25, -0.2) is 14.4 Å². The van der Waals surface area contributed by atoms with E-state index in [-0.39, 0.29) is 11.7 Å². The number of anilines is 1. The van der Waals surface area contributed by atoms with Crippen molar-refractivity contribution in [3.63, 3.8) is 0 Å². The second-order valence-electron chi connectivity index (χ2n) is 6.12. The van der Waals surface area contributed by atoms with E-state index in [0.29, 0.717) is 35.7 Å². The Balaban J connectivity index is 1.73. The zero-order valence-corrected chi connectivity index (χ0v) is 16.3. The van der Waals surface area contributed by atoms with Crippen molar-refractivity contribution in [3.05, 3.63) is 52.1 Å². The molecule has 1 amide bonds. The SMILES string of the molecule is CN(C)c1ncc(Br)cc1C(=O)NCCc1nc2c(F)cccc2n1C. The number of benzene rings is 1. The number of imidazole rings is 1. The first-order valence-corrected chi connectivity index (χ1v) is 8.88. The lowest BCUT2D eigenvalue weighted by atomic mass is 10.2. The lowest BCUT2D eigenvalue weighted by molar-refractivity contribution is 0.0954. The standard InChI is InChI=1S/C18H19BrFN5O/c1-24(2)17-12(9-11(19)10-22-17)18(26)21-8-7-15-23-16-13(20)5-4-6-14(16)25(15)3/h4-6,9-10H,7-8H2,1-3H3,(H,21,26). The predicted octanol–water partition coefficient (Wildman–Crippen LogP) is 2.91. The minimum Gasteiger partial charge on any atom is -0.362 e. The highest BCUT2D eigenvalue weighted by atomic mass is 79.9. The summed E-state index contributed by atoms with van der Waals surface area (Å²) >= 11 is 3.34. The van der Waals surface area contributed by atoms with Crippen LogP contribution in [0.25, 0.3) is 11.0 Å². The lowest BCUT2D eigenvalue weighted by Crippen LogP contribution is -2.28. The van der Waals surface area contributed by atoms with Crippen LogP contribution in [0.15, 0.2) is 34.9 Å². The van der Waals surface area contributed by atoms with Crippen LogP contribution >= 0.6 is 15.9 Å². The van der Waals surface area contributed by atoms with Crippen LogP contribution in [-0.2, 0) is 13.5 Å². The smallest absolute Gasteiger partial charge is 0.255 e. The fraction of sp³-hybridized carbons (Fsp3) is 0.278. The van der Waals surface area contributed by atoms with Gasteiger partial charge in [0.1, 0.15) is 17.2 Å². The molecular weight excluding hydrogens is 401 g/mol. The number of hydrogen-bond acceptors (Lipinski definition) is 4. The van der Waals surface area contributed by atoms with Crippen LogP contribution in [0, 0.1) is 5.82 Å². The Bertz CT molecular complexity index is 970. The second kappa shape index (κ2) is 7.41. The number of aryl methyl sites for hydroxylation is 1. The lowest BCUT2D eigenvalue weighted by Gasteiger charge is -2.16. The number of nitrogens with zero attached hydrogens (tertiary/aromatic N) is 4. The van der Waals surface area contributed by atoms with Crippen LogP contribution in [0.3, 0.4) is 0 Å². The Morgan fingerprint density at radius 1 is 1.38 bits per heavy atom. The monoisotopic (exact) mass is 419 g/mol. The van der Waals surface area contributed by atoms with E-state index < -0.39 is 0 Å². The van der Waals surface area contributed by atoms with Gasteiger partial charge in [-0.2, -0.15) is 0 Å². The van der Waals surface area contributed by atoms with Crippen LogP contribution < -0.4 is 10.2 Å². The van der Waals surface area contributed by atoms with Crippen LogP contribution in [-0.4, -0.2) is 41.1 Å². The Hall–Kier alpha value is -2.48. The maximum atomic E-state index is 13.8. The number of para-hydroxylation sites is 1. The van der Waals surface area contributed by atoms with Crippen LogP contribution in [0.1, 0.15) is 16.2 Å². The quantitative estimate of drug-likeness (QED) is 0.690. The van der Waals surface area contributed by atoms with Gasteiger partial charge in [0.15, 0.2) is 5.82 Å². The predicted molar refractivity (Wildman–Crippen MR) is 103 cm³/mol. The average molecular weight is 420 g/mol. The number of amides is 1. The van der Waals surface area contributed by atoms with Gasteiger partial charge in [-0.15, -0.1) is 0 Å². The number of carbonyl (C=O) groups is 1. The van der Waals surface area contributed by atoms with E-state index in [2.05, 4.69) is 31.2 Å². The number of aromatic nitrogens is 3. The summed E-state index contributed by atoms with van der Waals surface area (Å²) in [6, 6.07) is 6.62. The fourth-order valence-corrected chi connectivity index (χ4v) is 3.12. The van der Waals surface area contributed by atoms with Gasteiger partial charge in [0.25, 0.3) is 5.91 Å². The summed E-state index contributed by atoms with van der Waals surface area (Å²) in [5.74, 6) is 0.748. The highest BCUT2D eigenvalue weighted by Gasteiger charge is 2.16. The van der Waals surface area contributed by atoms with Crippen molar-refractivity contribution in [1.29, 1.82) is 0 Å². The third kappa shape index (κ3) is 3.55. The molecule has 26 heavy (non-hydrogen) atoms. The third-order valence-electron chi connectivity index (χ3n) is 4.09. The van der Waals surface area contributed by atoms with E-state index in [1.807, 2.05) is 31.8 Å². The number of halogens is 2. The van der Waals surface area contributed by atoms with E-state index in [1.165, 1.54) is 6.07 Å². The molecule has 8 heteroatoms. The Morgan fingerprint density at radius 3 is 2.85 bits per heavy atom. The minimum absolute atomic E-state index is 0.215. The number of nitrogens with one attached hydrogen (secondary N) is 1. The molecule has 3 aromatic rings. The number of carbonyl (C=O) groups excluding carboxylic acids is 1. The molecule has 0 saturated carbocycles. The number of rotatable bonds is 5. The zero-order valence-electron chi connectivity index (χ0n) is 14.8. The Kier molecular flexibility index (Phi) is 5.22. The largest absolute Gasteiger partial charge is 0.362 e. The molecule has 1 aromatic carbocycles. The first-order chi connectivity index (χ1) is 12.4. The van der Waals surface area contributed by atoms with Gasteiger partial charge in [-0.1, -0.05) is 6.07 Å². The van der Waals surface area contributed by atoms with Gasteiger partial charge in [-0.3, -0.25) is 4.79 Å². The molecule has 0 radical (unpaired) electrons. The molecule has 0 aliphatic rings. The van der Waals surface area contributed by atoms with Crippen molar-refractivity contribution < 1.29 is 9.18 Å². The maximum Gasteiger partial charge on any atom is 0.255 e. The summed E-state index contributed by atoms with van der Waals surface area (Å²) in [7, 11) is 5.51. The molecule has 2 heterocycles. The van der Waals surface area contributed by atoms with Gasteiger partial charge < -0.3 is 14.8 Å². The normalized spacial score (nSPS) is 11.0. The van der Waals surface area contributed by atoms with Crippen molar-refractivity contribution in [2.24, 2.45) is 7.05 Å². The van der Waals surface area contributed by atoms with E-state index in [0.717, 1.165) is 9.99 Å².